The fraction of sp³-hybridized carbons (Fsp3) is 0.364. The summed E-state index contributed by atoms with van der Waals surface area (Å²) in [5, 5.41) is 16.0. The number of aromatic nitrogens is 1. The van der Waals surface area contributed by atoms with Gasteiger partial charge < -0.3 is 16.4 Å². The third kappa shape index (κ3) is 3.90. The number of pyridine rings is 1. The summed E-state index contributed by atoms with van der Waals surface area (Å²) in [4.78, 5) is 36.7. The maximum atomic E-state index is 12.0. The molecule has 108 valence electrons. The molecule has 2 amide bonds. The summed E-state index contributed by atoms with van der Waals surface area (Å²) >= 11 is 0. The molecule has 9 nitrogen and oxygen atoms in total. The minimum absolute atomic E-state index is 0.0521. The number of carbonyl (C=O) groups is 2. The van der Waals surface area contributed by atoms with Gasteiger partial charge >= 0.3 is 0 Å². The molecule has 20 heavy (non-hydrogen) atoms. The third-order valence-electron chi connectivity index (χ3n) is 2.47. The standard InChI is InChI=1S/C11H15N5O4/c1-6(3-9(12)17)15-11(18)7-4-10(13-2)14-5-8(7)16(19)20/h4-6H,3H2,1-2H3,(H2,12,17)(H,13,14)(H,15,18). The number of amides is 2. The number of nitro groups is 1. The summed E-state index contributed by atoms with van der Waals surface area (Å²) in [7, 11) is 1.57. The van der Waals surface area contributed by atoms with Crippen molar-refractivity contribution < 1.29 is 14.5 Å². The van der Waals surface area contributed by atoms with Crippen LogP contribution in [0.25, 0.3) is 0 Å². The molecule has 0 aliphatic heterocycles. The molecular weight excluding hydrogens is 266 g/mol. The van der Waals surface area contributed by atoms with Crippen LogP contribution < -0.4 is 16.4 Å². The molecule has 1 heterocycles. The van der Waals surface area contributed by atoms with E-state index in [0.717, 1.165) is 6.20 Å². The first-order valence-electron chi connectivity index (χ1n) is 5.76. The number of hydrogen-bond donors (Lipinski definition) is 3. The Morgan fingerprint density at radius 3 is 2.70 bits per heavy atom. The minimum Gasteiger partial charge on any atom is -0.373 e. The topological polar surface area (TPSA) is 140 Å². The van der Waals surface area contributed by atoms with E-state index in [1.54, 1.807) is 14.0 Å². The highest BCUT2D eigenvalue weighted by Gasteiger charge is 2.22. The highest BCUT2D eigenvalue weighted by molar-refractivity contribution is 5.99. The fourth-order valence-corrected chi connectivity index (χ4v) is 1.57. The summed E-state index contributed by atoms with van der Waals surface area (Å²) in [5.74, 6) is -0.911. The minimum atomic E-state index is -0.694. The van der Waals surface area contributed by atoms with E-state index >= 15 is 0 Å². The van der Waals surface area contributed by atoms with Gasteiger partial charge in [-0.05, 0) is 6.92 Å². The van der Waals surface area contributed by atoms with Crippen LogP contribution >= 0.6 is 0 Å². The molecule has 1 atom stereocenters. The van der Waals surface area contributed by atoms with Gasteiger partial charge in [-0.2, -0.15) is 0 Å². The van der Waals surface area contributed by atoms with Crippen LogP contribution in [0, 0.1) is 10.1 Å². The molecule has 0 aromatic carbocycles. The Morgan fingerprint density at radius 2 is 2.20 bits per heavy atom. The van der Waals surface area contributed by atoms with E-state index in [2.05, 4.69) is 15.6 Å². The van der Waals surface area contributed by atoms with Crippen molar-refractivity contribution in [2.45, 2.75) is 19.4 Å². The average molecular weight is 281 g/mol. The zero-order valence-electron chi connectivity index (χ0n) is 11.0. The molecule has 0 radical (unpaired) electrons. The number of nitrogens with two attached hydrogens (primary N) is 1. The van der Waals surface area contributed by atoms with Crippen LogP contribution in [0.5, 0.6) is 0 Å². The third-order valence-corrected chi connectivity index (χ3v) is 2.47. The lowest BCUT2D eigenvalue weighted by atomic mass is 10.1. The fourth-order valence-electron chi connectivity index (χ4n) is 1.57. The number of hydrogen-bond acceptors (Lipinski definition) is 6. The molecule has 0 spiro atoms. The van der Waals surface area contributed by atoms with Gasteiger partial charge in [-0.15, -0.1) is 0 Å². The Balaban J connectivity index is 3.01. The van der Waals surface area contributed by atoms with Crippen LogP contribution in [0.2, 0.25) is 0 Å². The second kappa shape index (κ2) is 6.45. The summed E-state index contributed by atoms with van der Waals surface area (Å²) in [6.45, 7) is 1.58. The van der Waals surface area contributed by atoms with Gasteiger partial charge in [-0.25, -0.2) is 4.98 Å². The molecule has 1 unspecified atom stereocenters. The van der Waals surface area contributed by atoms with E-state index in [9.17, 15) is 19.7 Å². The van der Waals surface area contributed by atoms with Crippen LogP contribution in [0.4, 0.5) is 11.5 Å². The number of carbonyl (C=O) groups excluding carboxylic acids is 2. The SMILES string of the molecule is CNc1cc(C(=O)NC(C)CC(N)=O)c([N+](=O)[O-])cn1. The first-order valence-corrected chi connectivity index (χ1v) is 5.76. The molecule has 0 saturated heterocycles. The lowest BCUT2D eigenvalue weighted by Crippen LogP contribution is -2.36. The predicted octanol–water partition coefficient (Wildman–Crippen LogP) is 0.0252. The maximum Gasteiger partial charge on any atom is 0.300 e. The predicted molar refractivity (Wildman–Crippen MR) is 71.2 cm³/mol. The van der Waals surface area contributed by atoms with Gasteiger partial charge in [0.25, 0.3) is 11.6 Å². The second-order valence-corrected chi connectivity index (χ2v) is 4.14. The van der Waals surface area contributed by atoms with E-state index in [-0.39, 0.29) is 12.0 Å². The number of rotatable bonds is 6. The molecule has 0 aliphatic rings. The normalized spacial score (nSPS) is 11.5. The highest BCUT2D eigenvalue weighted by Crippen LogP contribution is 2.20. The molecule has 1 aromatic rings. The Kier molecular flexibility index (Phi) is 4.95. The van der Waals surface area contributed by atoms with Crippen LogP contribution in [-0.2, 0) is 4.79 Å². The molecular formula is C11H15N5O4. The van der Waals surface area contributed by atoms with Gasteiger partial charge in [0.05, 0.1) is 4.92 Å². The first-order chi connectivity index (χ1) is 9.35. The van der Waals surface area contributed by atoms with Gasteiger partial charge in [-0.1, -0.05) is 0 Å². The van der Waals surface area contributed by atoms with Crippen molar-refractivity contribution in [1.82, 2.24) is 10.3 Å². The molecule has 0 bridgehead atoms. The molecule has 4 N–H and O–H groups in total. The number of nitrogens with one attached hydrogen (secondary N) is 2. The Hall–Kier alpha value is -2.71. The van der Waals surface area contributed by atoms with Gasteiger partial charge in [0, 0.05) is 25.6 Å². The van der Waals surface area contributed by atoms with E-state index in [4.69, 9.17) is 5.73 Å². The Bertz CT molecular complexity index is 546. The number of primary amides is 1. The van der Waals surface area contributed by atoms with Gasteiger partial charge in [0.1, 0.15) is 17.6 Å². The van der Waals surface area contributed by atoms with Crippen molar-refractivity contribution in [2.24, 2.45) is 5.73 Å². The summed E-state index contributed by atoms with van der Waals surface area (Å²) in [5.41, 5.74) is 4.47. The van der Waals surface area contributed by atoms with E-state index in [1.165, 1.54) is 6.07 Å². The zero-order valence-corrected chi connectivity index (χ0v) is 11.0. The maximum absolute atomic E-state index is 12.0. The number of nitrogens with zero attached hydrogens (tertiary/aromatic N) is 2. The number of anilines is 1. The zero-order chi connectivity index (χ0) is 15.3. The monoisotopic (exact) mass is 281 g/mol. The van der Waals surface area contributed by atoms with Crippen molar-refractivity contribution >= 4 is 23.3 Å². The van der Waals surface area contributed by atoms with Gasteiger partial charge in [0.2, 0.25) is 5.91 Å². The molecule has 1 aromatic heterocycles. The Labute approximate surface area is 114 Å². The van der Waals surface area contributed by atoms with Gasteiger partial charge in [-0.3, -0.25) is 19.7 Å². The van der Waals surface area contributed by atoms with Gasteiger partial charge in [0.15, 0.2) is 0 Å². The lowest BCUT2D eigenvalue weighted by Gasteiger charge is -2.12. The average Bonchev–Trinajstić information content (AvgIpc) is 2.36. The van der Waals surface area contributed by atoms with Crippen molar-refractivity contribution in [3.63, 3.8) is 0 Å². The van der Waals surface area contributed by atoms with Crippen LogP contribution in [0.1, 0.15) is 23.7 Å². The first kappa shape index (κ1) is 15.3. The van der Waals surface area contributed by atoms with Crippen molar-refractivity contribution in [1.29, 1.82) is 0 Å². The Morgan fingerprint density at radius 1 is 1.55 bits per heavy atom. The smallest absolute Gasteiger partial charge is 0.300 e. The quantitative estimate of drug-likeness (QED) is 0.496. The van der Waals surface area contributed by atoms with Crippen molar-refractivity contribution in [3.8, 4) is 0 Å². The highest BCUT2D eigenvalue weighted by atomic mass is 16.6. The van der Waals surface area contributed by atoms with E-state index in [1.807, 2.05) is 0 Å². The van der Waals surface area contributed by atoms with Crippen LogP contribution in [0.3, 0.4) is 0 Å². The van der Waals surface area contributed by atoms with Crippen molar-refractivity contribution in [2.75, 3.05) is 12.4 Å². The summed E-state index contributed by atoms with van der Waals surface area (Å²) < 4.78 is 0. The lowest BCUT2D eigenvalue weighted by molar-refractivity contribution is -0.385. The molecule has 9 heteroatoms. The van der Waals surface area contributed by atoms with Crippen LogP contribution in [0.15, 0.2) is 12.3 Å². The summed E-state index contributed by atoms with van der Waals surface area (Å²) in [6.07, 6.45) is 0.947. The van der Waals surface area contributed by atoms with E-state index in [0.29, 0.717) is 5.82 Å². The summed E-state index contributed by atoms with van der Waals surface area (Å²) in [6, 6.07) is 0.746. The largest absolute Gasteiger partial charge is 0.373 e. The second-order valence-electron chi connectivity index (χ2n) is 4.14. The molecule has 0 aliphatic carbocycles. The molecule has 1 rings (SSSR count). The molecule has 0 fully saturated rings. The van der Waals surface area contributed by atoms with E-state index < -0.39 is 28.5 Å². The van der Waals surface area contributed by atoms with Crippen LogP contribution in [-0.4, -0.2) is 34.8 Å². The van der Waals surface area contributed by atoms with Crippen molar-refractivity contribution in [3.05, 3.63) is 27.9 Å². The molecule has 0 saturated carbocycles.